The summed E-state index contributed by atoms with van der Waals surface area (Å²) >= 11 is 0. The van der Waals surface area contributed by atoms with Gasteiger partial charge in [-0.3, -0.25) is 0 Å². The molecule has 0 saturated heterocycles. The summed E-state index contributed by atoms with van der Waals surface area (Å²) in [6, 6.07) is 20.2. The third-order valence-electron chi connectivity index (χ3n) is 12.8. The van der Waals surface area contributed by atoms with Crippen LogP contribution in [0.5, 0.6) is 11.5 Å². The Balaban J connectivity index is 1.07. The molecule has 0 saturated carbocycles. The lowest BCUT2D eigenvalue weighted by atomic mass is 9.95. The highest BCUT2D eigenvalue weighted by atomic mass is 19.4. The van der Waals surface area contributed by atoms with Crippen LogP contribution < -0.4 is 20.7 Å². The Hall–Kier alpha value is -6.16. The lowest BCUT2D eigenvalue weighted by Crippen LogP contribution is -2.20. The van der Waals surface area contributed by atoms with Gasteiger partial charge >= 0.3 is 23.6 Å². The van der Waals surface area contributed by atoms with Crippen LogP contribution in [-0.2, 0) is 34.7 Å². The molecule has 0 unspecified atom stereocenters. The van der Waals surface area contributed by atoms with Gasteiger partial charge in [0.05, 0.1) is 54.4 Å². The summed E-state index contributed by atoms with van der Waals surface area (Å²) in [5.74, 6) is -2.19. The van der Waals surface area contributed by atoms with E-state index in [4.69, 9.17) is 27.8 Å². The van der Waals surface area contributed by atoms with Crippen molar-refractivity contribution in [1.29, 1.82) is 0 Å². The first-order valence-corrected chi connectivity index (χ1v) is 25.4. The number of alkyl halides is 8. The quantitative estimate of drug-likeness (QED) is 0.0190. The van der Waals surface area contributed by atoms with Crippen molar-refractivity contribution in [2.24, 2.45) is 0 Å². The second-order valence-corrected chi connectivity index (χ2v) is 18.5. The number of ether oxygens (including phenoxy) is 4. The minimum Gasteiger partial charge on any atom is -0.502 e. The summed E-state index contributed by atoms with van der Waals surface area (Å²) in [5.41, 5.74) is -3.27. The first-order chi connectivity index (χ1) is 35.4. The third-order valence-corrected chi connectivity index (χ3v) is 12.8. The zero-order valence-electron chi connectivity index (χ0n) is 41.9. The van der Waals surface area contributed by atoms with Gasteiger partial charge in [-0.1, -0.05) is 70.4 Å². The number of benzene rings is 4. The third kappa shape index (κ3) is 16.7. The van der Waals surface area contributed by atoms with Crippen LogP contribution in [0.2, 0.25) is 0 Å². The molecule has 0 fully saturated rings. The van der Waals surface area contributed by atoms with Crippen molar-refractivity contribution in [3.05, 3.63) is 141 Å². The SMILES string of the molecule is C=COCCCC(F)(F)CCCOC(CCCOc1ccc2cc(-c3ccc(CCCCC)cc3C(F)(F)F)c(=O)oc2c1)CCCOc1ccc2cc(-c3ccc(CCCCC)cc3C(F)(F)F)c(=O)oc2c1. The Bertz CT molecular complexity index is 2710. The predicted molar refractivity (Wildman–Crippen MR) is 271 cm³/mol. The van der Waals surface area contributed by atoms with E-state index in [-0.39, 0.29) is 91.6 Å². The highest BCUT2D eigenvalue weighted by Crippen LogP contribution is 2.40. The summed E-state index contributed by atoms with van der Waals surface area (Å²) in [6.45, 7) is 8.05. The highest BCUT2D eigenvalue weighted by molar-refractivity contribution is 5.85. The van der Waals surface area contributed by atoms with Crippen molar-refractivity contribution in [3.8, 4) is 33.8 Å². The summed E-state index contributed by atoms with van der Waals surface area (Å²) in [7, 11) is 0. The van der Waals surface area contributed by atoms with Crippen molar-refractivity contribution in [2.45, 2.75) is 141 Å². The molecule has 0 spiro atoms. The standard InChI is InChI=1S/C58H64F8O8/c1-4-7-9-15-39-19-25-46(50(33-39)57(61,62)63)48-35-41-21-23-44(37-52(41)73-54(48)67)71-30-11-17-43(70-32-14-28-56(59,60)27-13-29-69-6-3)18-12-31-72-45-24-22-42-36-49(55(68)74-53(42)38-45)47-26-20-40(16-10-8-5-2)34-51(47)58(64,65)66/h6,19-26,33-38,43H,3-5,7-18,27-32H2,1-2H3. The van der Waals surface area contributed by atoms with E-state index in [1.165, 1.54) is 42.7 Å². The second-order valence-electron chi connectivity index (χ2n) is 18.5. The molecule has 74 heavy (non-hydrogen) atoms. The summed E-state index contributed by atoms with van der Waals surface area (Å²) in [6.07, 6.45) is -0.982. The molecule has 0 aliphatic rings. The molecule has 0 N–H and O–H groups in total. The summed E-state index contributed by atoms with van der Waals surface area (Å²) in [5, 5.41) is 0.802. The Labute approximate surface area is 425 Å². The fraction of sp³-hybridized carbons (Fsp3) is 0.448. The molecular weight excluding hydrogens is 977 g/mol. The molecule has 0 amide bonds. The van der Waals surface area contributed by atoms with Crippen molar-refractivity contribution in [1.82, 2.24) is 0 Å². The Morgan fingerprint density at radius 2 is 0.986 bits per heavy atom. The number of fused-ring (bicyclic) bond motifs is 2. The fourth-order valence-electron chi connectivity index (χ4n) is 8.85. The molecule has 0 aliphatic heterocycles. The van der Waals surface area contributed by atoms with Gasteiger partial charge in [-0.15, -0.1) is 0 Å². The van der Waals surface area contributed by atoms with Gasteiger partial charge in [-0.2, -0.15) is 26.3 Å². The van der Waals surface area contributed by atoms with E-state index in [9.17, 15) is 44.7 Å². The van der Waals surface area contributed by atoms with Crippen molar-refractivity contribution < 1.29 is 62.9 Å². The molecule has 2 aromatic heterocycles. The van der Waals surface area contributed by atoms with Crippen LogP contribution in [0.1, 0.15) is 126 Å². The smallest absolute Gasteiger partial charge is 0.417 e. The number of unbranched alkanes of at least 4 members (excludes halogenated alkanes) is 4. The number of aryl methyl sites for hydroxylation is 2. The Morgan fingerprint density at radius 1 is 0.527 bits per heavy atom. The van der Waals surface area contributed by atoms with Crippen LogP contribution in [-0.4, -0.2) is 38.5 Å². The van der Waals surface area contributed by atoms with Crippen LogP contribution >= 0.6 is 0 Å². The molecule has 0 bridgehead atoms. The molecule has 8 nitrogen and oxygen atoms in total. The van der Waals surface area contributed by atoms with E-state index in [2.05, 4.69) is 6.58 Å². The van der Waals surface area contributed by atoms with Crippen LogP contribution in [0, 0.1) is 0 Å². The molecule has 0 atom stereocenters. The molecular formula is C58H64F8O8. The van der Waals surface area contributed by atoms with E-state index in [1.54, 1.807) is 36.4 Å². The van der Waals surface area contributed by atoms with E-state index in [0.717, 1.165) is 50.7 Å². The zero-order chi connectivity index (χ0) is 53.3. The summed E-state index contributed by atoms with van der Waals surface area (Å²) < 4.78 is 149. The zero-order valence-corrected chi connectivity index (χ0v) is 41.9. The van der Waals surface area contributed by atoms with Gasteiger partial charge in [-0.25, -0.2) is 18.4 Å². The summed E-state index contributed by atoms with van der Waals surface area (Å²) in [4.78, 5) is 26.4. The Morgan fingerprint density at radius 3 is 1.42 bits per heavy atom. The van der Waals surface area contributed by atoms with Crippen molar-refractivity contribution in [3.63, 3.8) is 0 Å². The predicted octanol–water partition coefficient (Wildman–Crippen LogP) is 16.5. The number of hydrogen-bond donors (Lipinski definition) is 0. The van der Waals surface area contributed by atoms with Crippen molar-refractivity contribution in [2.75, 3.05) is 26.4 Å². The van der Waals surface area contributed by atoms with Crippen LogP contribution in [0.3, 0.4) is 0 Å². The molecule has 2 heterocycles. The maximum absolute atomic E-state index is 14.6. The first kappa shape index (κ1) is 57.1. The topological polar surface area (TPSA) is 97.3 Å². The maximum Gasteiger partial charge on any atom is 0.417 e. The van der Waals surface area contributed by atoms with Crippen LogP contribution in [0.4, 0.5) is 35.1 Å². The molecule has 16 heteroatoms. The fourth-order valence-corrected chi connectivity index (χ4v) is 8.85. The molecule has 0 radical (unpaired) electrons. The molecule has 400 valence electrons. The minimum atomic E-state index is -4.70. The second kappa shape index (κ2) is 26.9. The van der Waals surface area contributed by atoms with Gasteiger partial charge in [0, 0.05) is 53.5 Å². The van der Waals surface area contributed by atoms with E-state index in [0.29, 0.717) is 71.9 Å². The van der Waals surface area contributed by atoms with Gasteiger partial charge < -0.3 is 27.8 Å². The Kier molecular flexibility index (Phi) is 20.7. The van der Waals surface area contributed by atoms with E-state index < -0.39 is 40.7 Å². The highest BCUT2D eigenvalue weighted by Gasteiger charge is 2.36. The minimum absolute atomic E-state index is 0.0731. The number of rotatable bonds is 30. The van der Waals surface area contributed by atoms with E-state index in [1.807, 2.05) is 13.8 Å². The average Bonchev–Trinajstić information content (AvgIpc) is 3.35. The van der Waals surface area contributed by atoms with Gasteiger partial charge in [0.15, 0.2) is 0 Å². The lowest BCUT2D eigenvalue weighted by molar-refractivity contribution is -0.138. The molecule has 6 rings (SSSR count). The monoisotopic (exact) mass is 1040 g/mol. The molecule has 4 aromatic carbocycles. The van der Waals surface area contributed by atoms with E-state index >= 15 is 0 Å². The van der Waals surface area contributed by atoms with Crippen molar-refractivity contribution >= 4 is 21.9 Å². The average molecular weight is 1040 g/mol. The van der Waals surface area contributed by atoms with Gasteiger partial charge in [-0.05, 0) is 124 Å². The number of hydrogen-bond acceptors (Lipinski definition) is 8. The van der Waals surface area contributed by atoms with Crippen LogP contribution in [0.25, 0.3) is 44.2 Å². The largest absolute Gasteiger partial charge is 0.502 e. The molecule has 0 aliphatic carbocycles. The number of halogens is 8. The van der Waals surface area contributed by atoms with Gasteiger partial charge in [0.1, 0.15) is 22.7 Å². The van der Waals surface area contributed by atoms with Gasteiger partial charge in [0.25, 0.3) is 0 Å². The lowest BCUT2D eigenvalue weighted by Gasteiger charge is -2.20. The maximum atomic E-state index is 14.6. The molecule has 6 aromatic rings. The first-order valence-electron chi connectivity index (χ1n) is 25.4. The normalized spacial score (nSPS) is 12.3. The van der Waals surface area contributed by atoms with Crippen LogP contribution in [0.15, 0.2) is 116 Å². The van der Waals surface area contributed by atoms with Gasteiger partial charge in [0.2, 0.25) is 5.92 Å².